The summed E-state index contributed by atoms with van der Waals surface area (Å²) in [6.45, 7) is 5.75. The van der Waals surface area contributed by atoms with Gasteiger partial charge in [-0.2, -0.15) is 0 Å². The smallest absolute Gasteiger partial charge is 0.411 e. The van der Waals surface area contributed by atoms with Gasteiger partial charge in [0.05, 0.1) is 12.1 Å². The van der Waals surface area contributed by atoms with E-state index in [0.29, 0.717) is 0 Å². The summed E-state index contributed by atoms with van der Waals surface area (Å²) >= 11 is 2.33. The molecule has 0 saturated carbocycles. The molecule has 3 nitrogen and oxygen atoms in total. The standard InChI is InChI=1S/C15H18INO2/c1-15(2,3)19-14(18)17-12-6-7-13(17)11-8-9(16)4-5-10(11)12/h4-5,8,12-13H,6-7H2,1-3H3. The average molecular weight is 371 g/mol. The normalized spacial score (nSPS) is 24.5. The summed E-state index contributed by atoms with van der Waals surface area (Å²) in [6, 6.07) is 6.92. The molecule has 4 heteroatoms. The Hall–Kier alpha value is -0.780. The predicted molar refractivity (Wildman–Crippen MR) is 81.9 cm³/mol. The van der Waals surface area contributed by atoms with Gasteiger partial charge in [0.1, 0.15) is 5.60 Å². The summed E-state index contributed by atoms with van der Waals surface area (Å²) in [4.78, 5) is 14.3. The third kappa shape index (κ3) is 2.24. The molecule has 2 bridgehead atoms. The highest BCUT2D eigenvalue weighted by atomic mass is 127. The number of halogens is 1. The lowest BCUT2D eigenvalue weighted by atomic mass is 9.92. The Kier molecular flexibility index (Phi) is 3.04. The first kappa shape index (κ1) is 13.2. The zero-order valence-corrected chi connectivity index (χ0v) is 13.6. The molecule has 102 valence electrons. The SMILES string of the molecule is CC(C)(C)OC(=O)N1C2CCC1c1cc(I)ccc12. The van der Waals surface area contributed by atoms with Gasteiger partial charge in [0.2, 0.25) is 0 Å². The molecule has 2 aliphatic rings. The second-order valence-corrected chi connectivity index (χ2v) is 7.52. The Morgan fingerprint density at radius 1 is 1.26 bits per heavy atom. The quantitative estimate of drug-likeness (QED) is 0.632. The Morgan fingerprint density at radius 3 is 2.53 bits per heavy atom. The van der Waals surface area contributed by atoms with Gasteiger partial charge in [-0.25, -0.2) is 4.79 Å². The van der Waals surface area contributed by atoms with Crippen molar-refractivity contribution >= 4 is 28.7 Å². The fourth-order valence-electron chi connectivity index (χ4n) is 3.13. The molecular formula is C15H18INO2. The van der Waals surface area contributed by atoms with Gasteiger partial charge in [-0.05, 0) is 79.5 Å². The molecule has 1 amide bonds. The van der Waals surface area contributed by atoms with Crippen molar-refractivity contribution in [1.82, 2.24) is 4.90 Å². The lowest BCUT2D eigenvalue weighted by Crippen LogP contribution is -2.34. The van der Waals surface area contributed by atoms with Crippen molar-refractivity contribution in [3.8, 4) is 0 Å². The first-order valence-corrected chi connectivity index (χ1v) is 7.75. The molecule has 0 radical (unpaired) electrons. The van der Waals surface area contributed by atoms with Crippen molar-refractivity contribution in [3.05, 3.63) is 32.9 Å². The van der Waals surface area contributed by atoms with E-state index in [9.17, 15) is 4.79 Å². The zero-order valence-electron chi connectivity index (χ0n) is 11.4. The van der Waals surface area contributed by atoms with Gasteiger partial charge >= 0.3 is 6.09 Å². The second kappa shape index (κ2) is 4.36. The summed E-state index contributed by atoms with van der Waals surface area (Å²) in [5.41, 5.74) is 2.19. The van der Waals surface area contributed by atoms with Crippen LogP contribution in [0.4, 0.5) is 4.79 Å². The molecule has 0 aliphatic carbocycles. The molecule has 2 atom stereocenters. The van der Waals surface area contributed by atoms with Gasteiger partial charge in [0.25, 0.3) is 0 Å². The predicted octanol–water partition coefficient (Wildman–Crippen LogP) is 4.42. The molecule has 1 aromatic carbocycles. The largest absolute Gasteiger partial charge is 0.444 e. The van der Waals surface area contributed by atoms with Crippen molar-refractivity contribution in [1.29, 1.82) is 0 Å². The van der Waals surface area contributed by atoms with E-state index in [1.807, 2.05) is 25.7 Å². The van der Waals surface area contributed by atoms with Crippen LogP contribution in [0, 0.1) is 3.57 Å². The number of nitrogens with zero attached hydrogens (tertiary/aromatic N) is 1. The minimum Gasteiger partial charge on any atom is -0.444 e. The molecular weight excluding hydrogens is 353 g/mol. The number of ether oxygens (including phenoxy) is 1. The van der Waals surface area contributed by atoms with Crippen molar-refractivity contribution in [3.63, 3.8) is 0 Å². The van der Waals surface area contributed by atoms with Crippen molar-refractivity contribution in [2.45, 2.75) is 51.3 Å². The summed E-state index contributed by atoms with van der Waals surface area (Å²) < 4.78 is 6.78. The van der Waals surface area contributed by atoms with Crippen LogP contribution in [0.2, 0.25) is 0 Å². The fourth-order valence-corrected chi connectivity index (χ4v) is 3.64. The van der Waals surface area contributed by atoms with Crippen LogP contribution in [-0.2, 0) is 4.74 Å². The van der Waals surface area contributed by atoms with Crippen molar-refractivity contribution in [2.24, 2.45) is 0 Å². The topological polar surface area (TPSA) is 29.5 Å². The first-order valence-electron chi connectivity index (χ1n) is 6.67. The van der Waals surface area contributed by atoms with E-state index in [1.165, 1.54) is 14.7 Å². The molecule has 3 rings (SSSR count). The highest BCUT2D eigenvalue weighted by Crippen LogP contribution is 2.53. The van der Waals surface area contributed by atoms with E-state index >= 15 is 0 Å². The van der Waals surface area contributed by atoms with Crippen LogP contribution < -0.4 is 0 Å². The van der Waals surface area contributed by atoms with Gasteiger partial charge in [-0.1, -0.05) is 6.07 Å². The van der Waals surface area contributed by atoms with E-state index in [-0.39, 0.29) is 18.2 Å². The van der Waals surface area contributed by atoms with Crippen molar-refractivity contribution < 1.29 is 9.53 Å². The summed E-state index contributed by atoms with van der Waals surface area (Å²) in [7, 11) is 0. The highest BCUT2D eigenvalue weighted by Gasteiger charge is 2.47. The third-order valence-corrected chi connectivity index (χ3v) is 4.43. The molecule has 1 aromatic rings. The van der Waals surface area contributed by atoms with E-state index in [0.717, 1.165) is 12.8 Å². The van der Waals surface area contributed by atoms with Crippen LogP contribution in [0.25, 0.3) is 0 Å². The summed E-state index contributed by atoms with van der Waals surface area (Å²) in [5.74, 6) is 0. The Labute approximate surface area is 127 Å². The van der Waals surface area contributed by atoms with E-state index in [4.69, 9.17) is 4.74 Å². The zero-order chi connectivity index (χ0) is 13.8. The Morgan fingerprint density at radius 2 is 1.89 bits per heavy atom. The van der Waals surface area contributed by atoms with Crippen LogP contribution in [0.5, 0.6) is 0 Å². The maximum Gasteiger partial charge on any atom is 0.411 e. The molecule has 0 aromatic heterocycles. The molecule has 2 unspecified atom stereocenters. The lowest BCUT2D eigenvalue weighted by Gasteiger charge is -2.27. The number of benzene rings is 1. The molecule has 0 N–H and O–H groups in total. The maximum absolute atomic E-state index is 12.4. The van der Waals surface area contributed by atoms with Crippen LogP contribution in [0.15, 0.2) is 18.2 Å². The van der Waals surface area contributed by atoms with Gasteiger partial charge in [0.15, 0.2) is 0 Å². The van der Waals surface area contributed by atoms with Gasteiger partial charge in [0, 0.05) is 3.57 Å². The molecule has 2 heterocycles. The summed E-state index contributed by atoms with van der Waals surface area (Å²) in [6.07, 6.45) is 1.93. The Balaban J connectivity index is 1.90. The van der Waals surface area contributed by atoms with Crippen LogP contribution >= 0.6 is 22.6 Å². The maximum atomic E-state index is 12.4. The number of hydrogen-bond acceptors (Lipinski definition) is 2. The summed E-state index contributed by atoms with van der Waals surface area (Å²) in [5, 5.41) is 0. The number of amides is 1. The van der Waals surface area contributed by atoms with E-state index in [2.05, 4.69) is 40.8 Å². The second-order valence-electron chi connectivity index (χ2n) is 6.27. The van der Waals surface area contributed by atoms with Gasteiger partial charge in [-0.15, -0.1) is 0 Å². The molecule has 1 fully saturated rings. The monoisotopic (exact) mass is 371 g/mol. The van der Waals surface area contributed by atoms with Gasteiger partial charge < -0.3 is 4.74 Å². The fraction of sp³-hybridized carbons (Fsp3) is 0.533. The molecule has 19 heavy (non-hydrogen) atoms. The third-order valence-electron chi connectivity index (χ3n) is 3.76. The number of hydrogen-bond donors (Lipinski definition) is 0. The minimum absolute atomic E-state index is 0.175. The molecule has 0 spiro atoms. The van der Waals surface area contributed by atoms with Crippen molar-refractivity contribution in [2.75, 3.05) is 0 Å². The number of fused-ring (bicyclic) bond motifs is 5. The van der Waals surface area contributed by atoms with Crippen LogP contribution in [0.1, 0.15) is 56.8 Å². The van der Waals surface area contributed by atoms with E-state index < -0.39 is 5.60 Å². The number of rotatable bonds is 0. The number of carbonyl (C=O) groups excluding carboxylic acids is 1. The van der Waals surface area contributed by atoms with Gasteiger partial charge in [-0.3, -0.25) is 4.90 Å². The Bertz CT molecular complexity index is 535. The van der Waals surface area contributed by atoms with E-state index in [1.54, 1.807) is 0 Å². The molecule has 1 saturated heterocycles. The molecule has 2 aliphatic heterocycles. The highest BCUT2D eigenvalue weighted by molar-refractivity contribution is 14.1. The number of carbonyl (C=O) groups is 1. The minimum atomic E-state index is -0.431. The average Bonchev–Trinajstić information content (AvgIpc) is 2.82. The lowest BCUT2D eigenvalue weighted by molar-refractivity contribution is 0.0177. The first-order chi connectivity index (χ1) is 8.87. The van der Waals surface area contributed by atoms with Crippen LogP contribution in [-0.4, -0.2) is 16.6 Å². The van der Waals surface area contributed by atoms with Crippen LogP contribution in [0.3, 0.4) is 0 Å².